The smallest absolute Gasteiger partial charge is 0.337 e. The molecule has 1 saturated heterocycles. The molecule has 2 heterocycles. The summed E-state index contributed by atoms with van der Waals surface area (Å²) < 4.78 is 10.5. The van der Waals surface area contributed by atoms with Gasteiger partial charge in [0.2, 0.25) is 0 Å². The Hall–Kier alpha value is -1.99. The molecule has 0 aromatic carbocycles. The summed E-state index contributed by atoms with van der Waals surface area (Å²) in [4.78, 5) is 28.5. The molecule has 0 spiro atoms. The first-order valence-corrected chi connectivity index (χ1v) is 6.11. The minimum absolute atomic E-state index is 0.0486. The van der Waals surface area contributed by atoms with E-state index in [9.17, 15) is 9.59 Å². The van der Waals surface area contributed by atoms with Crippen LogP contribution in [-0.4, -0.2) is 66.4 Å². The number of carbonyl (C=O) groups excluding carboxylic acids is 1. The van der Waals surface area contributed by atoms with Crippen molar-refractivity contribution in [2.24, 2.45) is 0 Å². The number of methoxy groups -OCH3 is 2. The van der Waals surface area contributed by atoms with Gasteiger partial charge in [0.15, 0.2) is 0 Å². The average molecular weight is 280 g/mol. The number of carboxylic acid groups (broad SMARTS) is 1. The number of carboxylic acids is 1. The van der Waals surface area contributed by atoms with Gasteiger partial charge in [0.05, 0.1) is 5.56 Å². The van der Waals surface area contributed by atoms with Gasteiger partial charge in [-0.1, -0.05) is 0 Å². The van der Waals surface area contributed by atoms with Crippen LogP contribution in [0.1, 0.15) is 20.8 Å². The molecule has 1 aliphatic rings. The predicted molar refractivity (Wildman–Crippen MR) is 68.7 cm³/mol. The largest absolute Gasteiger partial charge is 0.478 e. The monoisotopic (exact) mass is 280 g/mol. The van der Waals surface area contributed by atoms with E-state index >= 15 is 0 Å². The summed E-state index contributed by atoms with van der Waals surface area (Å²) in [5.74, 6) is -1.33. The van der Waals surface area contributed by atoms with Gasteiger partial charge in [-0.05, 0) is 12.1 Å². The van der Waals surface area contributed by atoms with E-state index in [4.69, 9.17) is 14.6 Å². The standard InChI is InChI=1S/C13H16N2O5/c1-19-10-6-15(7-11(10)20-2)12(16)9-4-3-8(5-14-9)13(17)18/h3-5,10-11H,6-7H2,1-2H3,(H,17,18). The van der Waals surface area contributed by atoms with Crippen LogP contribution in [0.5, 0.6) is 0 Å². The molecule has 7 heteroatoms. The van der Waals surface area contributed by atoms with Crippen LogP contribution in [0, 0.1) is 0 Å². The molecule has 2 unspecified atom stereocenters. The predicted octanol–water partition coefficient (Wildman–Crippen LogP) is 0.266. The first-order chi connectivity index (χ1) is 9.56. The highest BCUT2D eigenvalue weighted by Crippen LogP contribution is 2.17. The van der Waals surface area contributed by atoms with Crippen molar-refractivity contribution in [3.8, 4) is 0 Å². The third-order valence-electron chi connectivity index (χ3n) is 3.34. The van der Waals surface area contributed by atoms with Crippen molar-refractivity contribution in [1.82, 2.24) is 9.88 Å². The Balaban J connectivity index is 2.10. The van der Waals surface area contributed by atoms with E-state index in [-0.39, 0.29) is 29.4 Å². The molecule has 2 rings (SSSR count). The maximum Gasteiger partial charge on any atom is 0.337 e. The number of hydrogen-bond donors (Lipinski definition) is 1. The molecule has 1 amide bonds. The molecule has 1 aromatic rings. The highest BCUT2D eigenvalue weighted by Gasteiger charge is 2.36. The summed E-state index contributed by atoms with van der Waals surface area (Å²) in [6.07, 6.45) is 0.845. The number of nitrogens with zero attached hydrogens (tertiary/aromatic N) is 2. The van der Waals surface area contributed by atoms with Crippen molar-refractivity contribution < 1.29 is 24.2 Å². The summed E-state index contributed by atoms with van der Waals surface area (Å²) >= 11 is 0. The Morgan fingerprint density at radius 2 is 1.85 bits per heavy atom. The van der Waals surface area contributed by atoms with Crippen molar-refractivity contribution in [1.29, 1.82) is 0 Å². The van der Waals surface area contributed by atoms with Crippen LogP contribution in [0.3, 0.4) is 0 Å². The fraction of sp³-hybridized carbons (Fsp3) is 0.462. The highest BCUT2D eigenvalue weighted by atomic mass is 16.5. The number of hydrogen-bond acceptors (Lipinski definition) is 5. The third kappa shape index (κ3) is 2.78. The lowest BCUT2D eigenvalue weighted by Crippen LogP contribution is -2.30. The van der Waals surface area contributed by atoms with Crippen LogP contribution in [0.15, 0.2) is 18.3 Å². The van der Waals surface area contributed by atoms with Crippen molar-refractivity contribution in [3.05, 3.63) is 29.6 Å². The minimum Gasteiger partial charge on any atom is -0.478 e. The lowest BCUT2D eigenvalue weighted by atomic mass is 10.2. The van der Waals surface area contributed by atoms with Gasteiger partial charge in [0.25, 0.3) is 5.91 Å². The van der Waals surface area contributed by atoms with Gasteiger partial charge in [0, 0.05) is 33.5 Å². The minimum atomic E-state index is -1.07. The van der Waals surface area contributed by atoms with Crippen LogP contribution in [0.2, 0.25) is 0 Å². The number of ether oxygens (including phenoxy) is 2. The highest BCUT2D eigenvalue weighted by molar-refractivity contribution is 5.94. The quantitative estimate of drug-likeness (QED) is 0.851. The third-order valence-corrected chi connectivity index (χ3v) is 3.34. The van der Waals surface area contributed by atoms with E-state index in [1.807, 2.05) is 0 Å². The molecule has 1 aliphatic heterocycles. The van der Waals surface area contributed by atoms with Gasteiger partial charge in [-0.2, -0.15) is 0 Å². The molecular weight excluding hydrogens is 264 g/mol. The number of rotatable bonds is 4. The van der Waals surface area contributed by atoms with E-state index in [1.165, 1.54) is 18.3 Å². The number of carbonyl (C=O) groups is 2. The normalized spacial score (nSPS) is 22.0. The second-order valence-corrected chi connectivity index (χ2v) is 4.50. The summed E-state index contributed by atoms with van der Waals surface area (Å²) in [6, 6.07) is 2.77. The molecule has 0 saturated carbocycles. The Labute approximate surface area is 116 Å². The number of aromatic carboxylic acids is 1. The van der Waals surface area contributed by atoms with Crippen LogP contribution in [-0.2, 0) is 9.47 Å². The number of aromatic nitrogens is 1. The summed E-state index contributed by atoms with van der Waals surface area (Å²) in [6.45, 7) is 0.854. The van der Waals surface area contributed by atoms with Crippen LogP contribution >= 0.6 is 0 Å². The van der Waals surface area contributed by atoms with Crippen molar-refractivity contribution in [2.45, 2.75) is 12.2 Å². The topological polar surface area (TPSA) is 89.0 Å². The number of likely N-dealkylation sites (tertiary alicyclic amines) is 1. The second kappa shape index (κ2) is 5.98. The molecule has 1 N–H and O–H groups in total. The van der Waals surface area contributed by atoms with Crippen LogP contribution in [0.4, 0.5) is 0 Å². The molecule has 0 aliphatic carbocycles. The molecule has 0 radical (unpaired) electrons. The average Bonchev–Trinajstić information content (AvgIpc) is 2.89. The second-order valence-electron chi connectivity index (χ2n) is 4.50. The van der Waals surface area contributed by atoms with E-state index < -0.39 is 5.97 Å². The molecular formula is C13H16N2O5. The lowest BCUT2D eigenvalue weighted by Gasteiger charge is -2.15. The summed E-state index contributed by atoms with van der Waals surface area (Å²) in [5, 5.41) is 8.79. The molecule has 108 valence electrons. The van der Waals surface area contributed by atoms with Gasteiger partial charge in [0.1, 0.15) is 17.9 Å². The maximum absolute atomic E-state index is 12.3. The van der Waals surface area contributed by atoms with Crippen molar-refractivity contribution in [3.63, 3.8) is 0 Å². The zero-order valence-corrected chi connectivity index (χ0v) is 11.3. The Morgan fingerprint density at radius 3 is 2.25 bits per heavy atom. The Kier molecular flexibility index (Phi) is 4.31. The van der Waals surface area contributed by atoms with Gasteiger partial charge in [-0.3, -0.25) is 9.78 Å². The summed E-state index contributed by atoms with van der Waals surface area (Å²) in [7, 11) is 3.15. The lowest BCUT2D eigenvalue weighted by molar-refractivity contribution is -0.00461. The molecule has 2 atom stereocenters. The molecule has 0 bridgehead atoms. The fourth-order valence-corrected chi connectivity index (χ4v) is 2.17. The Morgan fingerprint density at radius 1 is 1.25 bits per heavy atom. The molecule has 1 aromatic heterocycles. The van der Waals surface area contributed by atoms with Gasteiger partial charge >= 0.3 is 5.97 Å². The number of pyridine rings is 1. The summed E-state index contributed by atoms with van der Waals surface area (Å²) in [5.41, 5.74) is 0.258. The molecule has 1 fully saturated rings. The molecule has 7 nitrogen and oxygen atoms in total. The first-order valence-electron chi connectivity index (χ1n) is 6.11. The zero-order valence-electron chi connectivity index (χ0n) is 11.3. The van der Waals surface area contributed by atoms with Gasteiger partial charge in [-0.15, -0.1) is 0 Å². The fourth-order valence-electron chi connectivity index (χ4n) is 2.17. The van der Waals surface area contributed by atoms with E-state index in [2.05, 4.69) is 4.98 Å². The van der Waals surface area contributed by atoms with Crippen LogP contribution < -0.4 is 0 Å². The van der Waals surface area contributed by atoms with Gasteiger partial charge in [-0.25, -0.2) is 4.79 Å². The Bertz CT molecular complexity index is 490. The van der Waals surface area contributed by atoms with Crippen molar-refractivity contribution >= 4 is 11.9 Å². The number of amides is 1. The van der Waals surface area contributed by atoms with E-state index in [0.29, 0.717) is 13.1 Å². The van der Waals surface area contributed by atoms with E-state index in [1.54, 1.807) is 19.1 Å². The maximum atomic E-state index is 12.3. The molecule has 20 heavy (non-hydrogen) atoms. The van der Waals surface area contributed by atoms with E-state index in [0.717, 1.165) is 0 Å². The van der Waals surface area contributed by atoms with Gasteiger partial charge < -0.3 is 19.5 Å². The SMILES string of the molecule is COC1CN(C(=O)c2ccc(C(=O)O)cn2)CC1OC. The van der Waals surface area contributed by atoms with Crippen LogP contribution in [0.25, 0.3) is 0 Å². The first kappa shape index (κ1) is 14.4. The van der Waals surface area contributed by atoms with Crippen molar-refractivity contribution in [2.75, 3.05) is 27.3 Å². The zero-order chi connectivity index (χ0) is 14.7.